The molecule has 0 aromatic heterocycles. The number of nitrogens with zero attached hydrogens (tertiary/aromatic N) is 4. The van der Waals surface area contributed by atoms with Crippen LogP contribution in [0.25, 0.3) is 10.4 Å². The van der Waals surface area contributed by atoms with Gasteiger partial charge in [-0.3, -0.25) is 0 Å². The third-order valence-corrected chi connectivity index (χ3v) is 5.47. The van der Waals surface area contributed by atoms with Gasteiger partial charge in [-0.15, -0.1) is 0 Å². The Kier molecular flexibility index (Phi) is 3.92. The lowest BCUT2D eigenvalue weighted by molar-refractivity contribution is 0.134. The average Bonchev–Trinajstić information content (AvgIpc) is 2.49. The maximum absolute atomic E-state index is 8.54. The van der Waals surface area contributed by atoms with Crippen LogP contribution < -0.4 is 9.64 Å². The van der Waals surface area contributed by atoms with Gasteiger partial charge in [-0.05, 0) is 66.8 Å². The highest BCUT2D eigenvalue weighted by Crippen LogP contribution is 2.51. The van der Waals surface area contributed by atoms with Crippen molar-refractivity contribution in [3.8, 4) is 5.75 Å². The van der Waals surface area contributed by atoms with Crippen molar-refractivity contribution in [2.45, 2.75) is 39.5 Å². The molecular weight excluding hydrogens is 276 g/mol. The predicted molar refractivity (Wildman–Crippen MR) is 88.7 cm³/mol. The molecule has 0 N–H and O–H groups in total. The predicted octanol–water partition coefficient (Wildman–Crippen LogP) is 4.16. The molecule has 0 atom stereocenters. The molecule has 1 fully saturated rings. The minimum Gasteiger partial charge on any atom is -0.496 e. The van der Waals surface area contributed by atoms with E-state index in [4.69, 9.17) is 10.3 Å². The number of fused-ring (bicyclic) bond motifs is 1. The van der Waals surface area contributed by atoms with Gasteiger partial charge in [0.15, 0.2) is 0 Å². The molecule has 0 saturated heterocycles. The Morgan fingerprint density at radius 1 is 1.36 bits per heavy atom. The van der Waals surface area contributed by atoms with Crippen LogP contribution in [0.5, 0.6) is 5.75 Å². The Bertz CT molecular complexity index is 630. The van der Waals surface area contributed by atoms with E-state index in [-0.39, 0.29) is 0 Å². The lowest BCUT2D eigenvalue weighted by atomic mass is 9.63. The number of benzene rings is 1. The summed E-state index contributed by atoms with van der Waals surface area (Å²) in [6.45, 7) is 6.71. The molecule has 3 rings (SSSR count). The van der Waals surface area contributed by atoms with E-state index in [2.05, 4.69) is 34.8 Å². The molecule has 1 aliphatic heterocycles. The minimum atomic E-state index is 0.427. The van der Waals surface area contributed by atoms with Gasteiger partial charge in [0.2, 0.25) is 0 Å². The molecule has 1 aromatic carbocycles. The van der Waals surface area contributed by atoms with E-state index in [1.165, 1.54) is 41.6 Å². The second kappa shape index (κ2) is 5.73. The fraction of sp³-hybridized carbons (Fsp3) is 0.647. The summed E-state index contributed by atoms with van der Waals surface area (Å²) in [4.78, 5) is 5.33. The van der Waals surface area contributed by atoms with Crippen LogP contribution in [0.3, 0.4) is 0 Å². The number of azide groups is 1. The van der Waals surface area contributed by atoms with E-state index in [9.17, 15) is 0 Å². The van der Waals surface area contributed by atoms with Gasteiger partial charge < -0.3 is 9.64 Å². The van der Waals surface area contributed by atoms with Gasteiger partial charge >= 0.3 is 0 Å². The van der Waals surface area contributed by atoms with Crippen molar-refractivity contribution in [2.24, 2.45) is 10.5 Å². The highest BCUT2D eigenvalue weighted by atomic mass is 16.5. The first kappa shape index (κ1) is 15.0. The van der Waals surface area contributed by atoms with Crippen LogP contribution in [0.1, 0.15) is 36.0 Å². The summed E-state index contributed by atoms with van der Waals surface area (Å²) in [5, 5.41) is 3.73. The second-order valence-corrected chi connectivity index (χ2v) is 6.74. The van der Waals surface area contributed by atoms with Gasteiger partial charge in [-0.1, -0.05) is 11.5 Å². The van der Waals surface area contributed by atoms with Gasteiger partial charge in [-0.25, -0.2) is 0 Å². The van der Waals surface area contributed by atoms with Gasteiger partial charge in [0.05, 0.1) is 7.11 Å². The maximum Gasteiger partial charge on any atom is 0.122 e. The Hall–Kier alpha value is -1.87. The molecule has 0 radical (unpaired) electrons. The van der Waals surface area contributed by atoms with Crippen molar-refractivity contribution >= 4 is 5.69 Å². The van der Waals surface area contributed by atoms with Crippen molar-refractivity contribution in [1.82, 2.24) is 0 Å². The third kappa shape index (κ3) is 2.40. The molecule has 1 aliphatic carbocycles. The topological polar surface area (TPSA) is 61.2 Å². The molecule has 1 heterocycles. The van der Waals surface area contributed by atoms with E-state index in [0.717, 1.165) is 25.3 Å². The highest BCUT2D eigenvalue weighted by molar-refractivity contribution is 5.67. The Balaban J connectivity index is 2.02. The molecule has 1 aromatic rings. The number of anilines is 1. The first-order valence-electron chi connectivity index (χ1n) is 8.03. The maximum atomic E-state index is 8.54. The SMILES string of the molecule is COc1cc2c(c(C)c1C)N(CCN=[N+]=[N-])CC1(CCC1)C2. The smallest absolute Gasteiger partial charge is 0.122 e. The van der Waals surface area contributed by atoms with Gasteiger partial charge in [-0.2, -0.15) is 0 Å². The Labute approximate surface area is 131 Å². The highest BCUT2D eigenvalue weighted by Gasteiger charge is 2.43. The Morgan fingerprint density at radius 3 is 2.73 bits per heavy atom. The summed E-state index contributed by atoms with van der Waals surface area (Å²) in [5.41, 5.74) is 14.2. The van der Waals surface area contributed by atoms with Crippen LogP contribution in [0.15, 0.2) is 11.2 Å². The second-order valence-electron chi connectivity index (χ2n) is 6.74. The fourth-order valence-corrected chi connectivity index (χ4v) is 4.08. The summed E-state index contributed by atoms with van der Waals surface area (Å²) in [5.74, 6) is 0.989. The molecule has 22 heavy (non-hydrogen) atoms. The number of ether oxygens (including phenoxy) is 1. The largest absolute Gasteiger partial charge is 0.496 e. The summed E-state index contributed by atoms with van der Waals surface area (Å²) < 4.78 is 5.56. The van der Waals surface area contributed by atoms with Gasteiger partial charge in [0.25, 0.3) is 0 Å². The van der Waals surface area contributed by atoms with Crippen LogP contribution >= 0.6 is 0 Å². The van der Waals surface area contributed by atoms with Crippen molar-refractivity contribution < 1.29 is 4.74 Å². The van der Waals surface area contributed by atoms with E-state index in [1.54, 1.807) is 7.11 Å². The molecule has 1 spiro atoms. The summed E-state index contributed by atoms with van der Waals surface area (Å²) in [6.07, 6.45) is 5.10. The van der Waals surface area contributed by atoms with E-state index in [1.807, 2.05) is 0 Å². The third-order valence-electron chi connectivity index (χ3n) is 5.47. The molecule has 0 bridgehead atoms. The fourth-order valence-electron chi connectivity index (χ4n) is 4.08. The molecule has 118 valence electrons. The minimum absolute atomic E-state index is 0.427. The van der Waals surface area contributed by atoms with E-state index < -0.39 is 0 Å². The zero-order valence-corrected chi connectivity index (χ0v) is 13.7. The van der Waals surface area contributed by atoms with Crippen LogP contribution in [0, 0.1) is 19.3 Å². The summed E-state index contributed by atoms with van der Waals surface area (Å²) in [6, 6.07) is 2.22. The summed E-state index contributed by atoms with van der Waals surface area (Å²) in [7, 11) is 1.75. The number of rotatable bonds is 4. The van der Waals surface area contributed by atoms with Crippen LogP contribution in [-0.4, -0.2) is 26.7 Å². The molecule has 1 saturated carbocycles. The molecule has 2 aliphatic rings. The molecule has 0 amide bonds. The number of hydrogen-bond acceptors (Lipinski definition) is 3. The van der Waals surface area contributed by atoms with Crippen molar-refractivity contribution in [3.63, 3.8) is 0 Å². The van der Waals surface area contributed by atoms with Crippen LogP contribution in [0.4, 0.5) is 5.69 Å². The normalized spacial score (nSPS) is 18.4. The Morgan fingerprint density at radius 2 is 2.14 bits per heavy atom. The first-order valence-corrected chi connectivity index (χ1v) is 8.03. The monoisotopic (exact) mass is 300 g/mol. The number of methoxy groups -OCH3 is 1. The van der Waals surface area contributed by atoms with Gasteiger partial charge in [0.1, 0.15) is 5.75 Å². The van der Waals surface area contributed by atoms with Crippen molar-refractivity contribution in [3.05, 3.63) is 33.2 Å². The van der Waals surface area contributed by atoms with Crippen LogP contribution in [0.2, 0.25) is 0 Å². The quantitative estimate of drug-likeness (QED) is 0.476. The first-order chi connectivity index (χ1) is 10.6. The average molecular weight is 300 g/mol. The zero-order valence-electron chi connectivity index (χ0n) is 13.7. The standard InChI is InChI=1S/C17H24N4O/c1-12-13(2)16-14(9-15(12)22-3)10-17(5-4-6-17)11-21(16)8-7-19-20-18/h9H,4-8,10-11H2,1-3H3. The van der Waals surface area contributed by atoms with Crippen LogP contribution in [-0.2, 0) is 6.42 Å². The lowest BCUT2D eigenvalue weighted by Gasteiger charge is -2.50. The summed E-state index contributed by atoms with van der Waals surface area (Å²) >= 11 is 0. The lowest BCUT2D eigenvalue weighted by Crippen LogP contribution is -2.48. The van der Waals surface area contributed by atoms with Gasteiger partial charge in [0, 0.05) is 30.2 Å². The zero-order chi connectivity index (χ0) is 15.7. The van der Waals surface area contributed by atoms with Crippen molar-refractivity contribution in [2.75, 3.05) is 31.6 Å². The molecule has 0 unspecified atom stereocenters. The van der Waals surface area contributed by atoms with Crippen molar-refractivity contribution in [1.29, 1.82) is 0 Å². The number of hydrogen-bond donors (Lipinski definition) is 0. The van der Waals surface area contributed by atoms with E-state index in [0.29, 0.717) is 12.0 Å². The molecule has 5 nitrogen and oxygen atoms in total. The van der Waals surface area contributed by atoms with E-state index >= 15 is 0 Å². The molecule has 5 heteroatoms. The molecular formula is C17H24N4O.